The molecule has 0 aliphatic carbocycles. The molecule has 21 heavy (non-hydrogen) atoms. The molecule has 1 aliphatic heterocycles. The minimum atomic E-state index is 0.0107. The number of carbonyl (C=O) groups excluding carboxylic acids is 1. The average Bonchev–Trinajstić information content (AvgIpc) is 3.00. The Kier molecular flexibility index (Phi) is 6.02. The summed E-state index contributed by atoms with van der Waals surface area (Å²) in [4.78, 5) is 14.0. The van der Waals surface area contributed by atoms with E-state index in [1.54, 1.807) is 0 Å². The molecule has 1 heterocycles. The molecule has 116 valence electrons. The largest absolute Gasteiger partial charge is 0.488 e. The van der Waals surface area contributed by atoms with Crippen molar-refractivity contribution in [3.8, 4) is 5.75 Å². The normalized spacial score (nSPS) is 18.0. The lowest BCUT2D eigenvalue weighted by Crippen LogP contribution is -2.32. The average molecular weight is 292 g/mol. The minimum absolute atomic E-state index is 0.0107. The number of ether oxygens (including phenoxy) is 2. The molecule has 2 rings (SSSR count). The van der Waals surface area contributed by atoms with E-state index in [-0.39, 0.29) is 12.0 Å². The van der Waals surface area contributed by atoms with E-state index in [0.717, 1.165) is 37.6 Å². The number of amides is 1. The van der Waals surface area contributed by atoms with Gasteiger partial charge in [-0.15, -0.1) is 0 Å². The van der Waals surface area contributed by atoms with E-state index in [9.17, 15) is 4.79 Å². The van der Waals surface area contributed by atoms with Crippen LogP contribution in [0.4, 0.5) is 5.69 Å². The summed E-state index contributed by atoms with van der Waals surface area (Å²) in [6.45, 7) is 7.70. The van der Waals surface area contributed by atoms with E-state index in [1.807, 2.05) is 24.3 Å². The first-order valence-electron chi connectivity index (χ1n) is 7.58. The first-order chi connectivity index (χ1) is 10.2. The zero-order valence-electron chi connectivity index (χ0n) is 12.8. The quantitative estimate of drug-likeness (QED) is 0.836. The molecule has 0 radical (unpaired) electrons. The molecule has 1 aliphatic rings. The van der Waals surface area contributed by atoms with Gasteiger partial charge in [-0.05, 0) is 37.4 Å². The van der Waals surface area contributed by atoms with Crippen LogP contribution in [0.1, 0.15) is 20.3 Å². The number of nitrogens with one attached hydrogen (secondary N) is 1. The Morgan fingerprint density at radius 1 is 1.33 bits per heavy atom. The Morgan fingerprint density at radius 3 is 2.62 bits per heavy atom. The molecule has 5 nitrogen and oxygen atoms in total. The van der Waals surface area contributed by atoms with Gasteiger partial charge in [0.2, 0.25) is 5.91 Å². The molecule has 1 aromatic rings. The molecule has 1 fully saturated rings. The minimum Gasteiger partial charge on any atom is -0.488 e. The second kappa shape index (κ2) is 8.00. The predicted molar refractivity (Wildman–Crippen MR) is 82.7 cm³/mol. The number of hydrogen-bond donors (Lipinski definition) is 1. The Hall–Kier alpha value is -1.59. The summed E-state index contributed by atoms with van der Waals surface area (Å²) in [5.74, 6) is 0.823. The number of likely N-dealkylation sites (N-methyl/N-ethyl adjacent to an activating group) is 1. The van der Waals surface area contributed by atoms with Crippen molar-refractivity contribution in [2.75, 3.05) is 38.2 Å². The van der Waals surface area contributed by atoms with Crippen molar-refractivity contribution in [3.05, 3.63) is 24.3 Å². The number of hydrogen-bond acceptors (Lipinski definition) is 4. The van der Waals surface area contributed by atoms with Gasteiger partial charge in [0, 0.05) is 12.1 Å². The zero-order valence-corrected chi connectivity index (χ0v) is 12.8. The second-order valence-electron chi connectivity index (χ2n) is 5.14. The van der Waals surface area contributed by atoms with Crippen LogP contribution in [0.3, 0.4) is 0 Å². The zero-order chi connectivity index (χ0) is 15.1. The van der Waals surface area contributed by atoms with Crippen LogP contribution < -0.4 is 10.1 Å². The van der Waals surface area contributed by atoms with Crippen molar-refractivity contribution in [2.24, 2.45) is 0 Å². The molecule has 1 amide bonds. The first-order valence-corrected chi connectivity index (χ1v) is 7.58. The lowest BCUT2D eigenvalue weighted by Gasteiger charge is -2.17. The lowest BCUT2D eigenvalue weighted by molar-refractivity contribution is -0.117. The number of anilines is 1. The third-order valence-electron chi connectivity index (χ3n) is 3.59. The van der Waals surface area contributed by atoms with Gasteiger partial charge in [0.25, 0.3) is 0 Å². The van der Waals surface area contributed by atoms with Gasteiger partial charge in [-0.1, -0.05) is 13.8 Å². The molecule has 1 unspecified atom stereocenters. The van der Waals surface area contributed by atoms with Crippen LogP contribution in [0.15, 0.2) is 24.3 Å². The summed E-state index contributed by atoms with van der Waals surface area (Å²) >= 11 is 0. The third kappa shape index (κ3) is 5.02. The summed E-state index contributed by atoms with van der Waals surface area (Å²) in [6, 6.07) is 7.49. The topological polar surface area (TPSA) is 50.8 Å². The van der Waals surface area contributed by atoms with Crippen molar-refractivity contribution in [1.29, 1.82) is 0 Å². The summed E-state index contributed by atoms with van der Waals surface area (Å²) in [5.41, 5.74) is 0.794. The van der Waals surface area contributed by atoms with Crippen LogP contribution in [0.5, 0.6) is 5.75 Å². The highest BCUT2D eigenvalue weighted by Gasteiger charge is 2.17. The van der Waals surface area contributed by atoms with Crippen molar-refractivity contribution >= 4 is 11.6 Å². The highest BCUT2D eigenvalue weighted by molar-refractivity contribution is 5.92. The van der Waals surface area contributed by atoms with Crippen LogP contribution >= 0.6 is 0 Å². The standard InChI is InChI=1S/C16H24N2O3/c1-3-18(4-2)11-16(19)17-13-5-7-14(8-6-13)21-15-9-10-20-12-15/h5-8,15H,3-4,9-12H2,1-2H3,(H,17,19). The monoisotopic (exact) mass is 292 g/mol. The molecule has 1 aromatic carbocycles. The maximum atomic E-state index is 11.9. The van der Waals surface area contributed by atoms with Crippen LogP contribution in [0.25, 0.3) is 0 Å². The van der Waals surface area contributed by atoms with Gasteiger partial charge in [-0.25, -0.2) is 0 Å². The summed E-state index contributed by atoms with van der Waals surface area (Å²) in [5, 5.41) is 2.90. The highest BCUT2D eigenvalue weighted by Crippen LogP contribution is 2.19. The fourth-order valence-electron chi connectivity index (χ4n) is 2.27. The van der Waals surface area contributed by atoms with E-state index in [2.05, 4.69) is 24.1 Å². The molecule has 0 aromatic heterocycles. The van der Waals surface area contributed by atoms with Gasteiger partial charge in [0.15, 0.2) is 0 Å². The van der Waals surface area contributed by atoms with Gasteiger partial charge >= 0.3 is 0 Å². The smallest absolute Gasteiger partial charge is 0.238 e. The molecular weight excluding hydrogens is 268 g/mol. The van der Waals surface area contributed by atoms with Gasteiger partial charge in [-0.2, -0.15) is 0 Å². The fourth-order valence-corrected chi connectivity index (χ4v) is 2.27. The maximum Gasteiger partial charge on any atom is 0.238 e. The number of nitrogens with zero attached hydrogens (tertiary/aromatic N) is 1. The number of benzene rings is 1. The first kappa shape index (κ1) is 15.8. The maximum absolute atomic E-state index is 11.9. The number of carbonyl (C=O) groups is 1. The van der Waals surface area contributed by atoms with Crippen LogP contribution in [0.2, 0.25) is 0 Å². The molecule has 1 saturated heterocycles. The summed E-state index contributed by atoms with van der Waals surface area (Å²) in [6.07, 6.45) is 1.08. The molecule has 1 atom stereocenters. The lowest BCUT2D eigenvalue weighted by atomic mass is 10.2. The van der Waals surface area contributed by atoms with Gasteiger partial charge < -0.3 is 14.8 Å². The van der Waals surface area contributed by atoms with Gasteiger partial charge in [-0.3, -0.25) is 9.69 Å². The number of rotatable bonds is 7. The molecule has 0 spiro atoms. The Labute approximate surface area is 126 Å². The van der Waals surface area contributed by atoms with Gasteiger partial charge in [0.1, 0.15) is 11.9 Å². The predicted octanol–water partition coefficient (Wildman–Crippen LogP) is 2.13. The molecule has 0 bridgehead atoms. The Bertz CT molecular complexity index is 437. The molecular formula is C16H24N2O3. The van der Waals surface area contributed by atoms with Crippen molar-refractivity contribution in [1.82, 2.24) is 4.90 Å². The molecule has 5 heteroatoms. The highest BCUT2D eigenvalue weighted by atomic mass is 16.5. The second-order valence-corrected chi connectivity index (χ2v) is 5.14. The van der Waals surface area contributed by atoms with Gasteiger partial charge in [0.05, 0.1) is 19.8 Å². The van der Waals surface area contributed by atoms with Crippen molar-refractivity contribution in [3.63, 3.8) is 0 Å². The van der Waals surface area contributed by atoms with E-state index < -0.39 is 0 Å². The van der Waals surface area contributed by atoms with Crippen molar-refractivity contribution in [2.45, 2.75) is 26.4 Å². The van der Waals surface area contributed by atoms with E-state index in [1.165, 1.54) is 0 Å². The Morgan fingerprint density at radius 2 is 2.05 bits per heavy atom. The summed E-state index contributed by atoms with van der Waals surface area (Å²) in [7, 11) is 0. The van der Waals surface area contributed by atoms with Crippen molar-refractivity contribution < 1.29 is 14.3 Å². The Balaban J connectivity index is 1.82. The third-order valence-corrected chi connectivity index (χ3v) is 3.59. The van der Waals surface area contributed by atoms with E-state index >= 15 is 0 Å². The molecule has 0 saturated carbocycles. The fraction of sp³-hybridized carbons (Fsp3) is 0.562. The van der Waals surface area contributed by atoms with Crippen LogP contribution in [-0.2, 0) is 9.53 Å². The molecule has 1 N–H and O–H groups in total. The summed E-state index contributed by atoms with van der Waals surface area (Å²) < 4.78 is 11.1. The van der Waals surface area contributed by atoms with Crippen LogP contribution in [0, 0.1) is 0 Å². The van der Waals surface area contributed by atoms with Crippen LogP contribution in [-0.4, -0.2) is 49.8 Å². The van der Waals surface area contributed by atoms with E-state index in [4.69, 9.17) is 9.47 Å². The van der Waals surface area contributed by atoms with E-state index in [0.29, 0.717) is 13.2 Å². The SMILES string of the molecule is CCN(CC)CC(=O)Nc1ccc(OC2CCOC2)cc1.